The molecule has 4 aromatic rings. The molecule has 0 unspecified atom stereocenters. The lowest BCUT2D eigenvalue weighted by Gasteiger charge is -2.08. The average Bonchev–Trinajstić information content (AvgIpc) is 4.04. The van der Waals surface area contributed by atoms with E-state index in [1.165, 1.54) is 57.7 Å². The molecule has 59 heavy (non-hydrogen) atoms. The van der Waals surface area contributed by atoms with E-state index < -0.39 is 15.8 Å². The molecule has 3 aromatic carbocycles. The summed E-state index contributed by atoms with van der Waals surface area (Å²) in [4.78, 5) is 53.1. The standard InChI is InChI=1S/C14H13NO5.C14H15NO3.C7H7ClO3.C6H5NO3/c1-19-14(16)11-5-6-13(8-11)20-9-10-3-2-4-12(7-10)15(17)18;1-17-14(16)11-5-6-13(8-11)18-9-10-3-2-4-12(15)7-10;1-10-7(9)6-3-2-5(4-8)11-6;8-6-3-1-2-5(4-6)7(9)10/h2-7H,8-9H2,1H3;2-7H,8-9,15H2,1H3;2-3H,4H2,1H3;1-4,8H. The number of hydrogen-bond donors (Lipinski definition) is 2. The molecule has 0 aliphatic heterocycles. The lowest BCUT2D eigenvalue weighted by Crippen LogP contribution is -2.04. The zero-order valence-corrected chi connectivity index (χ0v) is 32.8. The number of furan rings is 1. The van der Waals surface area contributed by atoms with Crippen LogP contribution in [0.3, 0.4) is 0 Å². The predicted molar refractivity (Wildman–Crippen MR) is 213 cm³/mol. The van der Waals surface area contributed by atoms with E-state index >= 15 is 0 Å². The Bertz CT molecular complexity index is 2240. The van der Waals surface area contributed by atoms with Crippen LogP contribution in [0.15, 0.2) is 136 Å². The summed E-state index contributed by atoms with van der Waals surface area (Å²) in [5, 5.41) is 29.5. The van der Waals surface area contributed by atoms with Gasteiger partial charge in [0.1, 0.15) is 36.2 Å². The molecular formula is C41H40ClN3O14. The summed E-state index contributed by atoms with van der Waals surface area (Å²) in [6, 6.07) is 22.2. The maximum atomic E-state index is 11.3. The van der Waals surface area contributed by atoms with Crippen molar-refractivity contribution < 1.29 is 57.4 Å². The fraction of sp³-hybridized carbons (Fsp3) is 0.195. The van der Waals surface area contributed by atoms with Crippen LogP contribution in [0.5, 0.6) is 5.75 Å². The van der Waals surface area contributed by atoms with Gasteiger partial charge in [-0.1, -0.05) is 30.3 Å². The van der Waals surface area contributed by atoms with E-state index in [-0.39, 0.29) is 47.3 Å². The number of methoxy groups -OCH3 is 3. The number of nitrogen functional groups attached to an aromatic ring is 1. The van der Waals surface area contributed by atoms with Crippen LogP contribution in [0.1, 0.15) is 40.3 Å². The highest BCUT2D eigenvalue weighted by molar-refractivity contribution is 6.16. The number of phenols is 1. The molecular weight excluding hydrogens is 794 g/mol. The van der Waals surface area contributed by atoms with Crippen molar-refractivity contribution in [2.24, 2.45) is 0 Å². The number of nitro benzene ring substituents is 2. The Morgan fingerprint density at radius 2 is 1.19 bits per heavy atom. The number of nitro groups is 2. The van der Waals surface area contributed by atoms with Crippen LogP contribution in [0, 0.1) is 20.2 Å². The summed E-state index contributed by atoms with van der Waals surface area (Å²) in [6.45, 7) is 0.662. The van der Waals surface area contributed by atoms with Crippen molar-refractivity contribution in [2.75, 3.05) is 27.1 Å². The number of nitrogens with zero attached hydrogens (tertiary/aromatic N) is 2. The Balaban J connectivity index is 0.000000219. The van der Waals surface area contributed by atoms with Gasteiger partial charge in [0, 0.05) is 47.9 Å². The number of rotatable bonds is 12. The molecule has 0 spiro atoms. The normalized spacial score (nSPS) is 12.1. The number of allylic oxidation sites excluding steroid dienone is 6. The fourth-order valence-electron chi connectivity index (χ4n) is 4.80. The summed E-state index contributed by atoms with van der Waals surface area (Å²) in [5.74, 6) is 1.14. The second-order valence-electron chi connectivity index (χ2n) is 11.9. The average molecular weight is 834 g/mol. The minimum atomic E-state index is -0.556. The molecule has 18 heteroatoms. The third-order valence-electron chi connectivity index (χ3n) is 7.71. The number of non-ortho nitro benzene ring substituents is 2. The second kappa shape index (κ2) is 23.6. The van der Waals surface area contributed by atoms with Crippen molar-refractivity contribution in [3.8, 4) is 5.75 Å². The number of carbonyl (C=O) groups excluding carboxylic acids is 3. The van der Waals surface area contributed by atoms with E-state index in [0.717, 1.165) is 17.4 Å². The summed E-state index contributed by atoms with van der Waals surface area (Å²) < 4.78 is 29.8. The first-order valence-corrected chi connectivity index (χ1v) is 17.8. The Hall–Kier alpha value is -7.40. The number of nitrogens with two attached hydrogens (primary N) is 1. The van der Waals surface area contributed by atoms with Crippen molar-refractivity contribution in [3.05, 3.63) is 175 Å². The third-order valence-corrected chi connectivity index (χ3v) is 7.97. The molecule has 1 aromatic heterocycles. The molecule has 0 saturated heterocycles. The highest BCUT2D eigenvalue weighted by Crippen LogP contribution is 2.24. The Labute approximate surface area is 342 Å². The molecule has 17 nitrogen and oxygen atoms in total. The maximum Gasteiger partial charge on any atom is 0.373 e. The molecule has 0 fully saturated rings. The smallest absolute Gasteiger partial charge is 0.373 e. The van der Waals surface area contributed by atoms with Gasteiger partial charge in [0.05, 0.1) is 43.1 Å². The predicted octanol–water partition coefficient (Wildman–Crippen LogP) is 7.78. The molecule has 1 heterocycles. The van der Waals surface area contributed by atoms with Crippen LogP contribution < -0.4 is 5.73 Å². The second-order valence-corrected chi connectivity index (χ2v) is 12.2. The Kier molecular flexibility index (Phi) is 18.4. The third kappa shape index (κ3) is 15.6. The van der Waals surface area contributed by atoms with E-state index in [4.69, 9.17) is 36.3 Å². The highest BCUT2D eigenvalue weighted by Gasteiger charge is 2.18. The molecule has 310 valence electrons. The van der Waals surface area contributed by atoms with Crippen LogP contribution in [-0.2, 0) is 52.4 Å². The molecule has 0 amide bonds. The van der Waals surface area contributed by atoms with Crippen LogP contribution in [0.2, 0.25) is 0 Å². The maximum absolute atomic E-state index is 11.3. The summed E-state index contributed by atoms with van der Waals surface area (Å²) in [7, 11) is 3.99. The van der Waals surface area contributed by atoms with E-state index in [1.807, 2.05) is 24.3 Å². The quantitative estimate of drug-likeness (QED) is 0.0346. The SMILES string of the molecule is COC(=O)C1=CC=C(OCc2cccc(N)c2)C1.COC(=O)C1=CC=C(OCc2cccc([N+](=O)[O-])c2)C1.COC(=O)c1ccc(CCl)o1.O=[N+]([O-])c1cccc(O)c1. The lowest BCUT2D eigenvalue weighted by atomic mass is 10.2. The van der Waals surface area contributed by atoms with Gasteiger partial charge in [-0.2, -0.15) is 0 Å². The first kappa shape index (κ1) is 46.0. The number of aromatic hydroxyl groups is 1. The number of esters is 3. The lowest BCUT2D eigenvalue weighted by molar-refractivity contribution is -0.385. The number of alkyl halides is 1. The van der Waals surface area contributed by atoms with Gasteiger partial charge in [0.25, 0.3) is 11.4 Å². The molecule has 0 atom stereocenters. The van der Waals surface area contributed by atoms with E-state index in [0.29, 0.717) is 53.4 Å². The number of hydrogen-bond acceptors (Lipinski definition) is 15. The number of halogens is 1. The number of ether oxygens (including phenoxy) is 5. The van der Waals surface area contributed by atoms with Gasteiger partial charge in [0.2, 0.25) is 5.76 Å². The van der Waals surface area contributed by atoms with Crippen molar-refractivity contribution in [2.45, 2.75) is 31.9 Å². The minimum Gasteiger partial charge on any atom is -0.508 e. The van der Waals surface area contributed by atoms with Crippen LogP contribution >= 0.6 is 11.6 Å². The Morgan fingerprint density at radius 3 is 1.63 bits per heavy atom. The van der Waals surface area contributed by atoms with Crippen molar-refractivity contribution in [1.82, 2.24) is 0 Å². The molecule has 3 N–H and O–H groups in total. The molecule has 0 radical (unpaired) electrons. The first-order valence-electron chi connectivity index (χ1n) is 17.2. The van der Waals surface area contributed by atoms with Crippen molar-refractivity contribution in [3.63, 3.8) is 0 Å². The van der Waals surface area contributed by atoms with E-state index in [1.54, 1.807) is 42.5 Å². The van der Waals surface area contributed by atoms with Crippen molar-refractivity contribution >= 4 is 46.6 Å². The highest BCUT2D eigenvalue weighted by atomic mass is 35.5. The number of carbonyl (C=O) groups is 3. The largest absolute Gasteiger partial charge is 0.508 e. The van der Waals surface area contributed by atoms with Gasteiger partial charge in [0.15, 0.2) is 0 Å². The monoisotopic (exact) mass is 833 g/mol. The molecule has 0 saturated carbocycles. The first-order chi connectivity index (χ1) is 28.3. The Morgan fingerprint density at radius 1 is 0.695 bits per heavy atom. The van der Waals surface area contributed by atoms with Gasteiger partial charge < -0.3 is 38.9 Å². The summed E-state index contributed by atoms with van der Waals surface area (Å²) in [6.07, 6.45) is 7.72. The van der Waals surface area contributed by atoms with Gasteiger partial charge in [-0.25, -0.2) is 14.4 Å². The van der Waals surface area contributed by atoms with E-state index in [9.17, 15) is 34.6 Å². The zero-order chi connectivity index (χ0) is 43.3. The van der Waals surface area contributed by atoms with E-state index in [2.05, 4.69) is 14.2 Å². The number of benzene rings is 3. The topological polar surface area (TPSA) is 243 Å². The van der Waals surface area contributed by atoms with Gasteiger partial charge >= 0.3 is 17.9 Å². The fourth-order valence-corrected chi connectivity index (χ4v) is 4.94. The number of anilines is 1. The van der Waals surface area contributed by atoms with Crippen LogP contribution in [-0.4, -0.2) is 54.2 Å². The molecule has 2 aliphatic carbocycles. The summed E-state index contributed by atoms with van der Waals surface area (Å²) >= 11 is 5.44. The van der Waals surface area contributed by atoms with Gasteiger partial charge in [-0.05, 0) is 65.8 Å². The molecule has 6 rings (SSSR count). The van der Waals surface area contributed by atoms with Gasteiger partial charge in [-0.3, -0.25) is 20.2 Å². The minimum absolute atomic E-state index is 0.0277. The summed E-state index contributed by atoms with van der Waals surface area (Å²) in [5.41, 5.74) is 9.17. The molecule has 0 bridgehead atoms. The van der Waals surface area contributed by atoms with Crippen LogP contribution in [0.25, 0.3) is 0 Å². The number of phenolic OH excluding ortho intramolecular Hbond substituents is 1. The van der Waals surface area contributed by atoms with Crippen molar-refractivity contribution in [1.29, 1.82) is 0 Å². The van der Waals surface area contributed by atoms with Gasteiger partial charge in [-0.15, -0.1) is 11.6 Å². The molecule has 2 aliphatic rings. The van der Waals surface area contributed by atoms with Crippen LogP contribution in [0.4, 0.5) is 17.1 Å². The zero-order valence-electron chi connectivity index (χ0n) is 32.0.